The summed E-state index contributed by atoms with van der Waals surface area (Å²) in [5.74, 6) is 0.0867. The number of hydrogen-bond donors (Lipinski definition) is 2. The van der Waals surface area contributed by atoms with Crippen LogP contribution in [0.1, 0.15) is 11.8 Å². The van der Waals surface area contributed by atoms with Crippen molar-refractivity contribution in [2.45, 2.75) is 6.10 Å². The highest BCUT2D eigenvalue weighted by Crippen LogP contribution is 2.22. The summed E-state index contributed by atoms with van der Waals surface area (Å²) in [4.78, 5) is 14.7. The molecule has 1 atom stereocenters. The lowest BCUT2D eigenvalue weighted by Crippen LogP contribution is -2.07. The van der Waals surface area contributed by atoms with E-state index in [0.717, 1.165) is 17.1 Å². The van der Waals surface area contributed by atoms with Gasteiger partial charge in [-0.3, -0.25) is 10.1 Å². The summed E-state index contributed by atoms with van der Waals surface area (Å²) in [6.07, 6.45) is 1.10. The average molecular weight is 286 g/mol. The molecule has 2 aromatic rings. The molecule has 0 bridgehead atoms. The molecule has 2 rings (SSSR count). The normalized spacial score (nSPS) is 12.4. The van der Waals surface area contributed by atoms with Crippen molar-refractivity contribution in [2.24, 2.45) is 0 Å². The van der Waals surface area contributed by atoms with Gasteiger partial charge in [-0.2, -0.15) is 5.10 Å². The Labute approximate surface area is 111 Å². The van der Waals surface area contributed by atoms with Crippen LogP contribution in [0.15, 0.2) is 18.5 Å². The minimum absolute atomic E-state index is 0.00478. The topological polar surface area (TPSA) is 127 Å². The van der Waals surface area contributed by atoms with Crippen molar-refractivity contribution in [1.82, 2.24) is 20.0 Å². The molecular formula is C9H8ClN5O4. The number of aliphatic hydroxyl groups is 2. The van der Waals surface area contributed by atoms with E-state index in [1.54, 1.807) is 0 Å². The molecule has 2 heterocycles. The molecule has 0 radical (unpaired) electrons. The van der Waals surface area contributed by atoms with Crippen molar-refractivity contribution in [3.05, 3.63) is 39.3 Å². The third-order valence-electron chi connectivity index (χ3n) is 2.23. The van der Waals surface area contributed by atoms with E-state index in [2.05, 4.69) is 15.2 Å². The number of rotatable bonds is 4. The van der Waals surface area contributed by atoms with Crippen molar-refractivity contribution in [3.8, 4) is 5.82 Å². The predicted molar refractivity (Wildman–Crippen MR) is 62.9 cm³/mol. The number of nitro groups is 1. The quantitative estimate of drug-likeness (QED) is 0.608. The van der Waals surface area contributed by atoms with Gasteiger partial charge < -0.3 is 10.2 Å². The van der Waals surface area contributed by atoms with Crippen molar-refractivity contribution in [2.75, 3.05) is 6.61 Å². The van der Waals surface area contributed by atoms with E-state index in [9.17, 15) is 15.2 Å². The van der Waals surface area contributed by atoms with Crippen LogP contribution in [0.25, 0.3) is 5.82 Å². The minimum atomic E-state index is -1.16. The molecule has 0 saturated carbocycles. The van der Waals surface area contributed by atoms with Crippen molar-refractivity contribution in [3.63, 3.8) is 0 Å². The molecule has 0 spiro atoms. The van der Waals surface area contributed by atoms with Crippen molar-refractivity contribution >= 4 is 17.3 Å². The Morgan fingerprint density at radius 2 is 2.26 bits per heavy atom. The second-order valence-corrected chi connectivity index (χ2v) is 3.92. The number of pyridine rings is 1. The molecular weight excluding hydrogens is 278 g/mol. The highest BCUT2D eigenvalue weighted by molar-refractivity contribution is 6.32. The zero-order valence-corrected chi connectivity index (χ0v) is 10.1. The summed E-state index contributed by atoms with van der Waals surface area (Å²) >= 11 is 5.85. The molecule has 0 fully saturated rings. The summed E-state index contributed by atoms with van der Waals surface area (Å²) in [6.45, 7) is -0.500. The van der Waals surface area contributed by atoms with Gasteiger partial charge in [0.1, 0.15) is 18.0 Å². The fourth-order valence-corrected chi connectivity index (χ4v) is 1.53. The Balaban J connectivity index is 2.37. The van der Waals surface area contributed by atoms with Gasteiger partial charge in [0.05, 0.1) is 22.7 Å². The Morgan fingerprint density at radius 3 is 2.84 bits per heavy atom. The summed E-state index contributed by atoms with van der Waals surface area (Å²) in [6, 6.07) is 1.12. The highest BCUT2D eigenvalue weighted by Gasteiger charge is 2.16. The molecule has 9 nitrogen and oxygen atoms in total. The third-order valence-corrected chi connectivity index (χ3v) is 2.51. The molecule has 10 heteroatoms. The fraction of sp³-hybridized carbons (Fsp3) is 0.222. The van der Waals surface area contributed by atoms with Crippen LogP contribution < -0.4 is 0 Å². The maximum absolute atomic E-state index is 10.5. The van der Waals surface area contributed by atoms with E-state index >= 15 is 0 Å². The van der Waals surface area contributed by atoms with E-state index in [1.807, 2.05) is 0 Å². The van der Waals surface area contributed by atoms with Crippen LogP contribution >= 0.6 is 11.6 Å². The van der Waals surface area contributed by atoms with Crippen LogP contribution in [-0.4, -0.2) is 41.7 Å². The van der Waals surface area contributed by atoms with Gasteiger partial charge in [-0.05, 0) is 0 Å². The second-order valence-electron chi connectivity index (χ2n) is 3.51. The van der Waals surface area contributed by atoms with Crippen LogP contribution in [0.5, 0.6) is 0 Å². The SMILES string of the molecule is O=[N+]([O-])c1cnc(-n2ncc(C(O)CO)n2)c(Cl)c1. The molecule has 0 aliphatic carbocycles. The minimum Gasteiger partial charge on any atom is -0.393 e. The molecule has 1 unspecified atom stereocenters. The van der Waals surface area contributed by atoms with E-state index in [1.165, 1.54) is 6.20 Å². The zero-order valence-electron chi connectivity index (χ0n) is 9.34. The summed E-state index contributed by atoms with van der Waals surface area (Å²) in [5.41, 5.74) is -0.116. The van der Waals surface area contributed by atoms with E-state index in [4.69, 9.17) is 16.7 Å². The van der Waals surface area contributed by atoms with E-state index in [0.29, 0.717) is 0 Å². The first-order valence-corrected chi connectivity index (χ1v) is 5.42. The van der Waals surface area contributed by atoms with Gasteiger partial charge in [-0.1, -0.05) is 11.6 Å². The summed E-state index contributed by atoms with van der Waals surface area (Å²) in [7, 11) is 0. The first kappa shape index (κ1) is 13.3. The molecule has 19 heavy (non-hydrogen) atoms. The highest BCUT2D eigenvalue weighted by atomic mass is 35.5. The molecule has 0 aliphatic heterocycles. The van der Waals surface area contributed by atoms with Gasteiger partial charge in [0, 0.05) is 6.07 Å². The number of aliphatic hydroxyl groups excluding tert-OH is 2. The molecule has 100 valence electrons. The molecule has 2 aromatic heterocycles. The number of hydrogen-bond acceptors (Lipinski definition) is 7. The Bertz CT molecular complexity index is 616. The monoisotopic (exact) mass is 285 g/mol. The molecule has 0 saturated heterocycles. The Morgan fingerprint density at radius 1 is 1.53 bits per heavy atom. The van der Waals surface area contributed by atoms with Crippen LogP contribution in [0.2, 0.25) is 5.02 Å². The smallest absolute Gasteiger partial charge is 0.289 e. The van der Waals surface area contributed by atoms with E-state index < -0.39 is 17.6 Å². The summed E-state index contributed by atoms with van der Waals surface area (Å²) < 4.78 is 0. The molecule has 0 aromatic carbocycles. The van der Waals surface area contributed by atoms with Gasteiger partial charge in [0.15, 0.2) is 5.82 Å². The third kappa shape index (κ3) is 2.67. The number of halogens is 1. The van der Waals surface area contributed by atoms with Crippen LogP contribution in [0.3, 0.4) is 0 Å². The largest absolute Gasteiger partial charge is 0.393 e. The van der Waals surface area contributed by atoms with Gasteiger partial charge in [0.2, 0.25) is 0 Å². The van der Waals surface area contributed by atoms with Crippen LogP contribution in [0.4, 0.5) is 5.69 Å². The summed E-state index contributed by atoms with van der Waals surface area (Å²) in [5, 5.41) is 36.4. The Hall–Kier alpha value is -2.10. The van der Waals surface area contributed by atoms with Gasteiger partial charge in [-0.15, -0.1) is 9.90 Å². The number of nitrogens with zero attached hydrogens (tertiary/aromatic N) is 5. The van der Waals surface area contributed by atoms with Crippen molar-refractivity contribution in [1.29, 1.82) is 0 Å². The van der Waals surface area contributed by atoms with Gasteiger partial charge in [0.25, 0.3) is 5.69 Å². The lowest BCUT2D eigenvalue weighted by molar-refractivity contribution is -0.385. The molecule has 0 aliphatic rings. The first-order chi connectivity index (χ1) is 9.02. The Kier molecular flexibility index (Phi) is 3.69. The number of aromatic nitrogens is 4. The van der Waals surface area contributed by atoms with Crippen molar-refractivity contribution < 1.29 is 15.1 Å². The maximum atomic E-state index is 10.5. The second kappa shape index (κ2) is 5.26. The standard InChI is InChI=1S/C9H8ClN5O4/c10-6-1-5(15(18)19)2-11-9(6)14-12-3-7(13-14)8(17)4-16/h1-3,8,16-17H,4H2. The molecule has 2 N–H and O–H groups in total. The predicted octanol–water partition coefficient (Wildman–Crippen LogP) is 0.250. The average Bonchev–Trinajstić information content (AvgIpc) is 2.87. The lowest BCUT2D eigenvalue weighted by Gasteiger charge is -2.02. The van der Waals surface area contributed by atoms with Gasteiger partial charge in [-0.25, -0.2) is 4.98 Å². The maximum Gasteiger partial charge on any atom is 0.289 e. The van der Waals surface area contributed by atoms with E-state index in [-0.39, 0.29) is 22.2 Å². The first-order valence-electron chi connectivity index (χ1n) is 5.04. The van der Waals surface area contributed by atoms with Crippen LogP contribution in [-0.2, 0) is 0 Å². The fourth-order valence-electron chi connectivity index (χ4n) is 1.29. The lowest BCUT2D eigenvalue weighted by atomic mass is 10.3. The zero-order chi connectivity index (χ0) is 14.0. The van der Waals surface area contributed by atoms with Gasteiger partial charge >= 0.3 is 0 Å². The molecule has 0 amide bonds. The van der Waals surface area contributed by atoms with Crippen LogP contribution in [0, 0.1) is 10.1 Å².